The van der Waals surface area contributed by atoms with Crippen molar-refractivity contribution >= 4 is 34.3 Å². The van der Waals surface area contributed by atoms with E-state index in [-0.39, 0.29) is 43.0 Å². The predicted molar refractivity (Wildman–Crippen MR) is 168 cm³/mol. The first-order valence-corrected chi connectivity index (χ1v) is 15.2. The molecule has 45 heavy (non-hydrogen) atoms. The second-order valence-electron chi connectivity index (χ2n) is 11.7. The van der Waals surface area contributed by atoms with Gasteiger partial charge in [-0.1, -0.05) is 60.7 Å². The van der Waals surface area contributed by atoms with Crippen LogP contribution >= 0.6 is 0 Å². The van der Waals surface area contributed by atoms with Crippen molar-refractivity contribution in [2.24, 2.45) is 11.8 Å². The number of hydrogen-bond acceptors (Lipinski definition) is 5. The SMILES string of the molecule is O=C1OCC/C1=C\[C@H](C[C@@H]1CCNC1=O)NC(=O)[C@H](CC(=O)c1ccc(-c2cccc3ccccc23)[nH]1)Cc1ccc(F)cc1. The Balaban J connectivity index is 1.24. The van der Waals surface area contributed by atoms with Gasteiger partial charge in [0.1, 0.15) is 5.82 Å². The third kappa shape index (κ3) is 7.03. The monoisotopic (exact) mass is 607 g/mol. The molecule has 0 aliphatic carbocycles. The third-order valence-corrected chi connectivity index (χ3v) is 8.56. The van der Waals surface area contributed by atoms with Crippen LogP contribution in [0.3, 0.4) is 0 Å². The molecular formula is C36H34FN3O5. The fraction of sp³-hybridized carbons (Fsp3) is 0.278. The summed E-state index contributed by atoms with van der Waals surface area (Å²) in [6.07, 6.45) is 3.14. The summed E-state index contributed by atoms with van der Waals surface area (Å²) < 4.78 is 18.7. The van der Waals surface area contributed by atoms with E-state index in [9.17, 15) is 23.6 Å². The van der Waals surface area contributed by atoms with E-state index in [1.54, 1.807) is 24.3 Å². The average Bonchev–Trinajstić information content (AvgIpc) is 3.80. The minimum absolute atomic E-state index is 0.0894. The molecule has 2 fully saturated rings. The third-order valence-electron chi connectivity index (χ3n) is 8.56. The molecule has 0 spiro atoms. The molecule has 230 valence electrons. The van der Waals surface area contributed by atoms with Crippen LogP contribution < -0.4 is 10.6 Å². The van der Waals surface area contributed by atoms with Gasteiger partial charge in [-0.15, -0.1) is 0 Å². The van der Waals surface area contributed by atoms with Gasteiger partial charge in [-0.2, -0.15) is 0 Å². The van der Waals surface area contributed by atoms with Crippen molar-refractivity contribution in [3.8, 4) is 11.3 Å². The maximum atomic E-state index is 13.9. The first kappa shape index (κ1) is 30.0. The quantitative estimate of drug-likeness (QED) is 0.122. The Bertz CT molecular complexity index is 1770. The molecule has 6 rings (SSSR count). The second-order valence-corrected chi connectivity index (χ2v) is 11.7. The van der Waals surface area contributed by atoms with Crippen molar-refractivity contribution in [2.75, 3.05) is 13.2 Å². The summed E-state index contributed by atoms with van der Waals surface area (Å²) in [5.41, 5.74) is 3.29. The highest BCUT2D eigenvalue weighted by atomic mass is 19.1. The van der Waals surface area contributed by atoms with Crippen LogP contribution in [0.4, 0.5) is 4.39 Å². The van der Waals surface area contributed by atoms with Gasteiger partial charge >= 0.3 is 5.97 Å². The molecule has 3 N–H and O–H groups in total. The zero-order valence-electron chi connectivity index (χ0n) is 24.7. The van der Waals surface area contributed by atoms with Crippen LogP contribution in [0.2, 0.25) is 0 Å². The van der Waals surface area contributed by atoms with Gasteiger partial charge in [0.15, 0.2) is 5.78 Å². The number of ether oxygens (including phenoxy) is 1. The van der Waals surface area contributed by atoms with E-state index < -0.39 is 23.7 Å². The number of halogens is 1. The molecular weight excluding hydrogens is 573 g/mol. The molecule has 2 aliphatic heterocycles. The summed E-state index contributed by atoms with van der Waals surface area (Å²) in [5, 5.41) is 7.96. The molecule has 3 heterocycles. The Hall–Kier alpha value is -5.05. The fourth-order valence-corrected chi connectivity index (χ4v) is 6.16. The lowest BCUT2D eigenvalue weighted by atomic mass is 9.91. The maximum Gasteiger partial charge on any atom is 0.333 e. The summed E-state index contributed by atoms with van der Waals surface area (Å²) >= 11 is 0. The minimum Gasteiger partial charge on any atom is -0.462 e. The number of fused-ring (bicyclic) bond motifs is 1. The molecule has 4 aromatic rings. The highest BCUT2D eigenvalue weighted by Crippen LogP contribution is 2.29. The Morgan fingerprint density at radius 1 is 1.00 bits per heavy atom. The number of carbonyl (C=O) groups excluding carboxylic acids is 4. The highest BCUT2D eigenvalue weighted by Gasteiger charge is 2.31. The van der Waals surface area contributed by atoms with Crippen LogP contribution in [0, 0.1) is 17.7 Å². The van der Waals surface area contributed by atoms with Crippen LogP contribution in [-0.2, 0) is 25.5 Å². The van der Waals surface area contributed by atoms with Crippen molar-refractivity contribution in [1.82, 2.24) is 15.6 Å². The lowest BCUT2D eigenvalue weighted by molar-refractivity contribution is -0.135. The Kier molecular flexibility index (Phi) is 8.86. The van der Waals surface area contributed by atoms with Gasteiger partial charge in [-0.3, -0.25) is 14.4 Å². The van der Waals surface area contributed by atoms with E-state index in [0.717, 1.165) is 22.0 Å². The summed E-state index contributed by atoms with van der Waals surface area (Å²) in [5.74, 6) is -2.65. The zero-order chi connectivity index (χ0) is 31.3. The number of ketones is 1. The van der Waals surface area contributed by atoms with Gasteiger partial charge < -0.3 is 20.4 Å². The number of aromatic amines is 1. The van der Waals surface area contributed by atoms with Gasteiger partial charge in [-0.05, 0) is 59.9 Å². The highest BCUT2D eigenvalue weighted by molar-refractivity contribution is 6.00. The topological polar surface area (TPSA) is 117 Å². The van der Waals surface area contributed by atoms with Crippen LogP contribution in [0.1, 0.15) is 41.7 Å². The number of benzene rings is 3. The number of Topliss-reactive ketones (excluding diaryl/α,β-unsaturated/α-hetero) is 1. The Morgan fingerprint density at radius 3 is 2.56 bits per heavy atom. The molecule has 2 saturated heterocycles. The number of hydrogen-bond donors (Lipinski definition) is 3. The van der Waals surface area contributed by atoms with E-state index in [1.165, 1.54) is 12.1 Å². The van der Waals surface area contributed by atoms with Gasteiger partial charge in [0.2, 0.25) is 11.8 Å². The van der Waals surface area contributed by atoms with Crippen LogP contribution in [-0.4, -0.2) is 47.7 Å². The number of esters is 1. The van der Waals surface area contributed by atoms with E-state index in [0.29, 0.717) is 42.6 Å². The van der Waals surface area contributed by atoms with Crippen molar-refractivity contribution in [1.29, 1.82) is 0 Å². The van der Waals surface area contributed by atoms with Gasteiger partial charge in [0.25, 0.3) is 0 Å². The molecule has 3 atom stereocenters. The van der Waals surface area contributed by atoms with Crippen molar-refractivity contribution in [2.45, 2.75) is 38.1 Å². The number of rotatable bonds is 11. The summed E-state index contributed by atoms with van der Waals surface area (Å²) in [6, 6.07) is 22.8. The number of amides is 2. The van der Waals surface area contributed by atoms with Gasteiger partial charge in [0, 0.05) is 54.1 Å². The van der Waals surface area contributed by atoms with Gasteiger partial charge in [0.05, 0.1) is 12.3 Å². The van der Waals surface area contributed by atoms with Gasteiger partial charge in [-0.25, -0.2) is 9.18 Å². The summed E-state index contributed by atoms with van der Waals surface area (Å²) in [4.78, 5) is 55.4. The first-order valence-electron chi connectivity index (χ1n) is 15.2. The number of cyclic esters (lactones) is 1. The van der Waals surface area contributed by atoms with Crippen molar-refractivity contribution in [3.63, 3.8) is 0 Å². The zero-order valence-corrected chi connectivity index (χ0v) is 24.7. The number of H-pyrrole nitrogens is 1. The largest absolute Gasteiger partial charge is 0.462 e. The standard InChI is InChI=1S/C36H34FN3O5/c37-27-10-8-22(9-11-27)18-26(35(43)39-28(19-24-14-16-38-34(24)42)20-25-15-17-45-36(25)44)21-33(41)32-13-12-31(40-32)30-7-3-5-23-4-1-2-6-29(23)30/h1-13,20,24,26,28,40H,14-19,21H2,(H,38,42)(H,39,43)/b25-20+/t24-,26-,28-/m0/s1. The number of nitrogens with one attached hydrogen (secondary N) is 3. The lowest BCUT2D eigenvalue weighted by Gasteiger charge is -2.22. The maximum absolute atomic E-state index is 13.9. The van der Waals surface area contributed by atoms with E-state index >= 15 is 0 Å². The van der Waals surface area contributed by atoms with E-state index in [4.69, 9.17) is 4.74 Å². The van der Waals surface area contributed by atoms with Crippen LogP contribution in [0.5, 0.6) is 0 Å². The molecule has 9 heteroatoms. The molecule has 2 aliphatic rings. The van der Waals surface area contributed by atoms with Crippen molar-refractivity contribution < 1.29 is 28.3 Å². The Labute approximate surface area is 260 Å². The normalized spacial score (nSPS) is 18.5. The molecule has 1 aromatic heterocycles. The smallest absolute Gasteiger partial charge is 0.333 e. The first-order chi connectivity index (χ1) is 21.8. The van der Waals surface area contributed by atoms with E-state index in [2.05, 4.69) is 15.6 Å². The molecule has 0 saturated carbocycles. The molecule has 8 nitrogen and oxygen atoms in total. The van der Waals surface area contributed by atoms with E-state index in [1.807, 2.05) is 48.5 Å². The Morgan fingerprint density at radius 2 is 1.80 bits per heavy atom. The lowest BCUT2D eigenvalue weighted by Crippen LogP contribution is -2.41. The predicted octanol–water partition coefficient (Wildman–Crippen LogP) is 5.29. The molecule has 0 radical (unpaired) electrons. The van der Waals surface area contributed by atoms with Crippen LogP contribution in [0.25, 0.3) is 22.0 Å². The molecule has 3 aromatic carbocycles. The molecule has 2 amide bonds. The summed E-state index contributed by atoms with van der Waals surface area (Å²) in [7, 11) is 0. The number of carbonyl (C=O) groups is 4. The average molecular weight is 608 g/mol. The molecule has 0 unspecified atom stereocenters. The summed E-state index contributed by atoms with van der Waals surface area (Å²) in [6.45, 7) is 0.829. The fourth-order valence-electron chi connectivity index (χ4n) is 6.16. The van der Waals surface area contributed by atoms with Crippen molar-refractivity contribution in [3.05, 3.63) is 108 Å². The second kappa shape index (κ2) is 13.3. The number of aromatic nitrogens is 1. The molecule has 0 bridgehead atoms. The minimum atomic E-state index is -0.791. The van der Waals surface area contributed by atoms with Crippen LogP contribution in [0.15, 0.2) is 90.5 Å².